The first-order valence-corrected chi connectivity index (χ1v) is 8.65. The molecule has 1 aromatic heterocycles. The maximum absolute atomic E-state index is 12.1. The predicted octanol–water partition coefficient (Wildman–Crippen LogP) is 2.84. The average Bonchev–Trinajstić information content (AvgIpc) is 3.15. The summed E-state index contributed by atoms with van der Waals surface area (Å²) in [7, 11) is 0. The molecule has 6 heteroatoms. The van der Waals surface area contributed by atoms with Crippen LogP contribution >= 0.6 is 0 Å². The van der Waals surface area contributed by atoms with Crippen LogP contribution in [0, 0.1) is 11.3 Å². The molecule has 0 saturated carbocycles. The van der Waals surface area contributed by atoms with Crippen molar-refractivity contribution in [1.29, 1.82) is 0 Å². The van der Waals surface area contributed by atoms with Crippen LogP contribution in [0.1, 0.15) is 52.4 Å². The number of aliphatic hydroxyl groups is 1. The molecule has 24 heavy (non-hydrogen) atoms. The molecule has 1 aliphatic rings. The van der Waals surface area contributed by atoms with Gasteiger partial charge in [0.15, 0.2) is 0 Å². The summed E-state index contributed by atoms with van der Waals surface area (Å²) in [6, 6.07) is 3.08. The topological polar surface area (TPSA) is 83.7 Å². The van der Waals surface area contributed by atoms with E-state index >= 15 is 0 Å². The highest BCUT2D eigenvalue weighted by atomic mass is 16.5. The third-order valence-electron chi connectivity index (χ3n) is 4.42. The van der Waals surface area contributed by atoms with Crippen molar-refractivity contribution >= 4 is 6.03 Å². The van der Waals surface area contributed by atoms with Gasteiger partial charge in [0.1, 0.15) is 11.9 Å². The zero-order valence-corrected chi connectivity index (χ0v) is 15.0. The van der Waals surface area contributed by atoms with Crippen LogP contribution in [-0.4, -0.2) is 36.4 Å². The van der Waals surface area contributed by atoms with E-state index in [2.05, 4.69) is 31.4 Å². The zero-order chi connectivity index (χ0) is 17.7. The third kappa shape index (κ3) is 5.24. The zero-order valence-electron chi connectivity index (χ0n) is 15.0. The van der Waals surface area contributed by atoms with E-state index in [-0.39, 0.29) is 23.6 Å². The fourth-order valence-corrected chi connectivity index (χ4v) is 3.29. The van der Waals surface area contributed by atoms with Crippen LogP contribution in [0.25, 0.3) is 0 Å². The molecule has 0 unspecified atom stereocenters. The lowest BCUT2D eigenvalue weighted by Gasteiger charge is -2.31. The highest BCUT2D eigenvalue weighted by Gasteiger charge is 2.37. The van der Waals surface area contributed by atoms with Gasteiger partial charge in [0.25, 0.3) is 0 Å². The van der Waals surface area contributed by atoms with Crippen LogP contribution in [0.15, 0.2) is 22.8 Å². The summed E-state index contributed by atoms with van der Waals surface area (Å²) in [6.45, 7) is 9.70. The number of carbonyl (C=O) groups is 1. The summed E-state index contributed by atoms with van der Waals surface area (Å²) in [5.41, 5.74) is 0.0692. The molecule has 0 aliphatic carbocycles. The van der Waals surface area contributed by atoms with Crippen LogP contribution in [0.3, 0.4) is 0 Å². The first kappa shape index (κ1) is 18.8. The summed E-state index contributed by atoms with van der Waals surface area (Å²) >= 11 is 0. The van der Waals surface area contributed by atoms with Crippen LogP contribution in [0.4, 0.5) is 4.79 Å². The van der Waals surface area contributed by atoms with Gasteiger partial charge in [0.2, 0.25) is 0 Å². The van der Waals surface area contributed by atoms with Gasteiger partial charge in [-0.1, -0.05) is 20.8 Å². The number of carbonyl (C=O) groups excluding carboxylic acids is 1. The first-order chi connectivity index (χ1) is 11.3. The van der Waals surface area contributed by atoms with Crippen molar-refractivity contribution < 1.29 is 19.1 Å². The standard InChI is InChI=1S/C18H30N2O4/c1-12(10-14(21)15-6-5-8-23-15)20-17(22)19-11-13-7-9-24-16(13)18(2,3)4/h5-6,8,12-14,16,21H,7,9-11H2,1-4H3,(H2,19,20,22)/t12-,13-,14+,16+/m1/s1. The van der Waals surface area contributed by atoms with Gasteiger partial charge in [-0.3, -0.25) is 0 Å². The van der Waals surface area contributed by atoms with E-state index in [0.29, 0.717) is 24.6 Å². The van der Waals surface area contributed by atoms with Crippen LogP contribution in [0.5, 0.6) is 0 Å². The number of urea groups is 1. The molecule has 136 valence electrons. The first-order valence-electron chi connectivity index (χ1n) is 8.65. The van der Waals surface area contributed by atoms with E-state index in [4.69, 9.17) is 9.15 Å². The molecule has 2 heterocycles. The van der Waals surface area contributed by atoms with Crippen molar-refractivity contribution in [2.45, 2.75) is 58.8 Å². The Kier molecular flexibility index (Phi) is 6.29. The monoisotopic (exact) mass is 338 g/mol. The lowest BCUT2D eigenvalue weighted by atomic mass is 9.81. The number of furan rings is 1. The summed E-state index contributed by atoms with van der Waals surface area (Å²) in [4.78, 5) is 12.1. The Morgan fingerprint density at radius 2 is 2.21 bits per heavy atom. The highest BCUT2D eigenvalue weighted by molar-refractivity contribution is 5.74. The van der Waals surface area contributed by atoms with Gasteiger partial charge in [-0.25, -0.2) is 4.79 Å². The summed E-state index contributed by atoms with van der Waals surface area (Å²) in [6.07, 6.45) is 2.34. The summed E-state index contributed by atoms with van der Waals surface area (Å²) in [5, 5.41) is 15.8. The number of hydrogen-bond donors (Lipinski definition) is 3. The minimum atomic E-state index is -0.719. The molecule has 0 spiro atoms. The molecule has 0 bridgehead atoms. The Balaban J connectivity index is 1.73. The quantitative estimate of drug-likeness (QED) is 0.745. The van der Waals surface area contributed by atoms with E-state index in [1.165, 1.54) is 6.26 Å². The molecule has 1 fully saturated rings. The lowest BCUT2D eigenvalue weighted by molar-refractivity contribution is 0.00773. The molecule has 2 amide bonds. The predicted molar refractivity (Wildman–Crippen MR) is 91.6 cm³/mol. The molecule has 2 rings (SSSR count). The second-order valence-electron chi connectivity index (χ2n) is 7.73. The normalized spacial score (nSPS) is 23.7. The molecule has 1 aromatic rings. The van der Waals surface area contributed by atoms with Crippen LogP contribution in [0.2, 0.25) is 0 Å². The Morgan fingerprint density at radius 1 is 1.46 bits per heavy atom. The Hall–Kier alpha value is -1.53. The SMILES string of the molecule is C[C@H](C[C@H](O)c1ccco1)NC(=O)NC[C@H]1CCO[C@@H]1C(C)(C)C. The van der Waals surface area contributed by atoms with Gasteiger partial charge in [0, 0.05) is 31.5 Å². The van der Waals surface area contributed by atoms with Crippen molar-refractivity contribution in [1.82, 2.24) is 10.6 Å². The highest BCUT2D eigenvalue weighted by Crippen LogP contribution is 2.34. The smallest absolute Gasteiger partial charge is 0.315 e. The van der Waals surface area contributed by atoms with E-state index in [0.717, 1.165) is 13.0 Å². The van der Waals surface area contributed by atoms with Crippen molar-refractivity contribution in [3.63, 3.8) is 0 Å². The Morgan fingerprint density at radius 3 is 2.83 bits per heavy atom. The van der Waals surface area contributed by atoms with Gasteiger partial charge in [0.05, 0.1) is 12.4 Å². The third-order valence-corrected chi connectivity index (χ3v) is 4.42. The molecule has 0 aromatic carbocycles. The van der Waals surface area contributed by atoms with Crippen LogP contribution in [-0.2, 0) is 4.74 Å². The largest absolute Gasteiger partial charge is 0.467 e. The van der Waals surface area contributed by atoms with E-state index in [9.17, 15) is 9.90 Å². The fraction of sp³-hybridized carbons (Fsp3) is 0.722. The van der Waals surface area contributed by atoms with Gasteiger partial charge in [-0.05, 0) is 30.9 Å². The van der Waals surface area contributed by atoms with Gasteiger partial charge in [-0.15, -0.1) is 0 Å². The number of nitrogens with one attached hydrogen (secondary N) is 2. The number of hydrogen-bond acceptors (Lipinski definition) is 4. The average molecular weight is 338 g/mol. The summed E-state index contributed by atoms with van der Waals surface area (Å²) < 4.78 is 11.0. The molecule has 4 atom stereocenters. The maximum Gasteiger partial charge on any atom is 0.315 e. The van der Waals surface area contributed by atoms with Gasteiger partial charge < -0.3 is 24.9 Å². The molecule has 3 N–H and O–H groups in total. The van der Waals surface area contributed by atoms with Crippen molar-refractivity contribution in [2.75, 3.05) is 13.2 Å². The van der Waals surface area contributed by atoms with E-state index in [1.54, 1.807) is 12.1 Å². The number of rotatable bonds is 6. The van der Waals surface area contributed by atoms with E-state index in [1.807, 2.05) is 6.92 Å². The second-order valence-corrected chi connectivity index (χ2v) is 7.73. The number of amides is 2. The van der Waals surface area contributed by atoms with Crippen molar-refractivity contribution in [3.8, 4) is 0 Å². The van der Waals surface area contributed by atoms with Crippen molar-refractivity contribution in [3.05, 3.63) is 24.2 Å². The lowest BCUT2D eigenvalue weighted by Crippen LogP contribution is -2.45. The molecule has 1 aliphatic heterocycles. The van der Waals surface area contributed by atoms with Crippen LogP contribution < -0.4 is 10.6 Å². The summed E-state index contributed by atoms with van der Waals surface area (Å²) in [5.74, 6) is 0.847. The minimum absolute atomic E-state index is 0.0692. The molecule has 6 nitrogen and oxygen atoms in total. The number of aliphatic hydroxyl groups excluding tert-OH is 1. The second kappa shape index (κ2) is 8.03. The van der Waals surface area contributed by atoms with Gasteiger partial charge in [-0.2, -0.15) is 0 Å². The molecule has 1 saturated heterocycles. The fourth-order valence-electron chi connectivity index (χ4n) is 3.29. The molecular weight excluding hydrogens is 308 g/mol. The molecule has 0 radical (unpaired) electrons. The van der Waals surface area contributed by atoms with Crippen molar-refractivity contribution in [2.24, 2.45) is 11.3 Å². The van der Waals surface area contributed by atoms with E-state index < -0.39 is 6.10 Å². The molecular formula is C18H30N2O4. The Bertz CT molecular complexity index is 510. The number of ether oxygens (including phenoxy) is 1. The maximum atomic E-state index is 12.1. The minimum Gasteiger partial charge on any atom is -0.467 e. The van der Waals surface area contributed by atoms with Gasteiger partial charge >= 0.3 is 6.03 Å². The Labute approximate surface area is 143 Å².